The Labute approximate surface area is 118 Å². The van der Waals surface area contributed by atoms with Crippen LogP contribution in [0.2, 0.25) is 0 Å². The first-order chi connectivity index (χ1) is 9.20. The van der Waals surface area contributed by atoms with E-state index in [0.717, 1.165) is 20.9 Å². The molecule has 0 radical (unpaired) electrons. The van der Waals surface area contributed by atoms with Crippen LogP contribution in [-0.4, -0.2) is 4.98 Å². The Hall–Kier alpha value is -1.94. The van der Waals surface area contributed by atoms with Crippen molar-refractivity contribution in [2.45, 2.75) is 0 Å². The Morgan fingerprint density at radius 3 is 2.58 bits per heavy atom. The first kappa shape index (κ1) is 12.1. The van der Waals surface area contributed by atoms with Gasteiger partial charge in [0.2, 0.25) is 5.95 Å². The Kier molecular flexibility index (Phi) is 3.17. The first-order valence-electron chi connectivity index (χ1n) is 5.80. The molecule has 1 aromatic heterocycles. The van der Waals surface area contributed by atoms with Crippen molar-refractivity contribution in [3.8, 4) is 0 Å². The van der Waals surface area contributed by atoms with Crippen LogP contribution >= 0.6 is 15.9 Å². The molecular weight excluding hydrogens is 307 g/mol. The Bertz CT molecular complexity index is 743. The number of pyridine rings is 1. The van der Waals surface area contributed by atoms with Crippen LogP contribution in [0.25, 0.3) is 10.8 Å². The molecule has 19 heavy (non-hydrogen) atoms. The standard InChI is InChI=1S/C15H10BrFN2/c16-12-6-4-11-9-13(7-5-10(11)8-12)18-15-3-1-2-14(17)19-15/h1-9H,(H,18,19). The molecule has 3 rings (SSSR count). The van der Waals surface area contributed by atoms with E-state index in [9.17, 15) is 4.39 Å². The maximum atomic E-state index is 13.0. The predicted molar refractivity (Wildman–Crippen MR) is 79.1 cm³/mol. The molecule has 0 unspecified atom stereocenters. The highest BCUT2D eigenvalue weighted by Gasteiger charge is 2.00. The second-order valence-electron chi connectivity index (χ2n) is 4.18. The molecule has 2 aromatic carbocycles. The van der Waals surface area contributed by atoms with Gasteiger partial charge in [-0.15, -0.1) is 0 Å². The molecular formula is C15H10BrFN2. The van der Waals surface area contributed by atoms with Crippen molar-refractivity contribution in [1.82, 2.24) is 4.98 Å². The lowest BCUT2D eigenvalue weighted by Gasteiger charge is -2.07. The fourth-order valence-corrected chi connectivity index (χ4v) is 2.30. The lowest BCUT2D eigenvalue weighted by atomic mass is 10.1. The van der Waals surface area contributed by atoms with Gasteiger partial charge in [-0.1, -0.05) is 34.1 Å². The number of aromatic nitrogens is 1. The van der Waals surface area contributed by atoms with Crippen molar-refractivity contribution in [3.63, 3.8) is 0 Å². The van der Waals surface area contributed by atoms with Crippen LogP contribution in [0, 0.1) is 5.95 Å². The number of hydrogen-bond acceptors (Lipinski definition) is 2. The third kappa shape index (κ3) is 2.74. The van der Waals surface area contributed by atoms with Crippen LogP contribution in [0.4, 0.5) is 15.9 Å². The van der Waals surface area contributed by atoms with Crippen LogP contribution in [0.1, 0.15) is 0 Å². The van der Waals surface area contributed by atoms with Gasteiger partial charge in [-0.3, -0.25) is 0 Å². The molecule has 0 aliphatic heterocycles. The van der Waals surface area contributed by atoms with E-state index in [-0.39, 0.29) is 0 Å². The van der Waals surface area contributed by atoms with E-state index < -0.39 is 5.95 Å². The summed E-state index contributed by atoms with van der Waals surface area (Å²) in [5.41, 5.74) is 0.882. The number of nitrogens with one attached hydrogen (secondary N) is 1. The Morgan fingerprint density at radius 1 is 0.947 bits per heavy atom. The van der Waals surface area contributed by atoms with E-state index in [1.807, 2.05) is 30.3 Å². The molecule has 0 aliphatic rings. The van der Waals surface area contributed by atoms with E-state index in [2.05, 4.69) is 32.3 Å². The van der Waals surface area contributed by atoms with E-state index in [4.69, 9.17) is 0 Å². The van der Waals surface area contributed by atoms with Gasteiger partial charge in [-0.2, -0.15) is 4.39 Å². The minimum Gasteiger partial charge on any atom is -0.340 e. The van der Waals surface area contributed by atoms with Crippen LogP contribution in [0.15, 0.2) is 59.1 Å². The van der Waals surface area contributed by atoms with Crippen molar-refractivity contribution in [3.05, 3.63) is 65.0 Å². The van der Waals surface area contributed by atoms with Crippen molar-refractivity contribution >= 4 is 38.2 Å². The van der Waals surface area contributed by atoms with Gasteiger partial charge in [0.05, 0.1) is 0 Å². The molecule has 0 saturated heterocycles. The van der Waals surface area contributed by atoms with Crippen molar-refractivity contribution < 1.29 is 4.39 Å². The van der Waals surface area contributed by atoms with Gasteiger partial charge in [0.25, 0.3) is 0 Å². The number of anilines is 2. The maximum Gasteiger partial charge on any atom is 0.214 e. The quantitative estimate of drug-likeness (QED) is 0.681. The minimum atomic E-state index is -0.491. The van der Waals surface area contributed by atoms with Gasteiger partial charge in [0, 0.05) is 10.2 Å². The predicted octanol–water partition coefficient (Wildman–Crippen LogP) is 4.88. The maximum absolute atomic E-state index is 13.0. The van der Waals surface area contributed by atoms with Crippen LogP contribution in [0.5, 0.6) is 0 Å². The second-order valence-corrected chi connectivity index (χ2v) is 5.09. The zero-order chi connectivity index (χ0) is 13.2. The molecule has 0 spiro atoms. The zero-order valence-corrected chi connectivity index (χ0v) is 11.5. The number of rotatable bonds is 2. The molecule has 0 aliphatic carbocycles. The summed E-state index contributed by atoms with van der Waals surface area (Å²) in [6, 6.07) is 16.7. The summed E-state index contributed by atoms with van der Waals surface area (Å²) in [6.07, 6.45) is 0. The minimum absolute atomic E-state index is 0.491. The lowest BCUT2D eigenvalue weighted by Crippen LogP contribution is -1.94. The molecule has 0 fully saturated rings. The highest BCUT2D eigenvalue weighted by atomic mass is 79.9. The lowest BCUT2D eigenvalue weighted by molar-refractivity contribution is 0.585. The molecule has 3 aromatic rings. The molecule has 94 valence electrons. The molecule has 0 saturated carbocycles. The van der Waals surface area contributed by atoms with Gasteiger partial charge >= 0.3 is 0 Å². The largest absolute Gasteiger partial charge is 0.340 e. The molecule has 1 N–H and O–H groups in total. The smallest absolute Gasteiger partial charge is 0.214 e. The number of halogens is 2. The summed E-state index contributed by atoms with van der Waals surface area (Å²) in [6.45, 7) is 0. The van der Waals surface area contributed by atoms with Crippen molar-refractivity contribution in [2.24, 2.45) is 0 Å². The normalized spacial score (nSPS) is 10.6. The number of benzene rings is 2. The highest BCUT2D eigenvalue weighted by Crippen LogP contribution is 2.24. The average molecular weight is 317 g/mol. The van der Waals surface area contributed by atoms with Crippen LogP contribution < -0.4 is 5.32 Å². The summed E-state index contributed by atoms with van der Waals surface area (Å²) in [5.74, 6) is 0.00572. The number of fused-ring (bicyclic) bond motifs is 1. The third-order valence-corrected chi connectivity index (χ3v) is 3.28. The van der Waals surface area contributed by atoms with Gasteiger partial charge in [-0.05, 0) is 47.2 Å². The number of hydrogen-bond donors (Lipinski definition) is 1. The summed E-state index contributed by atoms with van der Waals surface area (Å²) in [5, 5.41) is 5.35. The van der Waals surface area contributed by atoms with Gasteiger partial charge in [0.1, 0.15) is 5.82 Å². The average Bonchev–Trinajstić information content (AvgIpc) is 2.39. The molecule has 4 heteroatoms. The van der Waals surface area contributed by atoms with Gasteiger partial charge < -0.3 is 5.32 Å². The van der Waals surface area contributed by atoms with E-state index in [1.165, 1.54) is 6.07 Å². The van der Waals surface area contributed by atoms with Crippen LogP contribution in [-0.2, 0) is 0 Å². The van der Waals surface area contributed by atoms with Gasteiger partial charge in [0.15, 0.2) is 0 Å². The Morgan fingerprint density at radius 2 is 1.74 bits per heavy atom. The zero-order valence-electron chi connectivity index (χ0n) is 9.90. The van der Waals surface area contributed by atoms with E-state index in [0.29, 0.717) is 5.82 Å². The molecule has 1 heterocycles. The SMILES string of the molecule is Fc1cccc(Nc2ccc3cc(Br)ccc3c2)n1. The molecule has 0 bridgehead atoms. The first-order valence-corrected chi connectivity index (χ1v) is 6.59. The van der Waals surface area contributed by atoms with Crippen molar-refractivity contribution in [2.75, 3.05) is 5.32 Å². The topological polar surface area (TPSA) is 24.9 Å². The summed E-state index contributed by atoms with van der Waals surface area (Å²) >= 11 is 3.45. The fraction of sp³-hybridized carbons (Fsp3) is 0. The van der Waals surface area contributed by atoms with E-state index >= 15 is 0 Å². The fourth-order valence-electron chi connectivity index (χ4n) is 1.92. The monoisotopic (exact) mass is 316 g/mol. The molecule has 0 atom stereocenters. The van der Waals surface area contributed by atoms with Crippen molar-refractivity contribution in [1.29, 1.82) is 0 Å². The summed E-state index contributed by atoms with van der Waals surface area (Å²) in [4.78, 5) is 3.78. The molecule has 2 nitrogen and oxygen atoms in total. The van der Waals surface area contributed by atoms with E-state index in [1.54, 1.807) is 12.1 Å². The van der Waals surface area contributed by atoms with Gasteiger partial charge in [-0.25, -0.2) is 4.98 Å². The number of nitrogens with zero attached hydrogens (tertiary/aromatic N) is 1. The summed E-state index contributed by atoms with van der Waals surface area (Å²) in [7, 11) is 0. The van der Waals surface area contributed by atoms with Crippen LogP contribution in [0.3, 0.4) is 0 Å². The highest BCUT2D eigenvalue weighted by molar-refractivity contribution is 9.10. The second kappa shape index (κ2) is 4.97. The third-order valence-electron chi connectivity index (χ3n) is 2.79. The Balaban J connectivity index is 1.95. The summed E-state index contributed by atoms with van der Waals surface area (Å²) < 4.78 is 14.1. The molecule has 0 amide bonds.